The third-order valence-corrected chi connectivity index (χ3v) is 11.0. The fourth-order valence-corrected chi connectivity index (χ4v) is 6.99. The Balaban J connectivity index is 4.03. The summed E-state index contributed by atoms with van der Waals surface area (Å²) in [5.41, 5.74) is 0. The highest BCUT2D eigenvalue weighted by Crippen LogP contribution is 2.14. The van der Waals surface area contributed by atoms with E-state index in [4.69, 9.17) is 14.2 Å². The van der Waals surface area contributed by atoms with Crippen LogP contribution in [0.25, 0.3) is 0 Å². The van der Waals surface area contributed by atoms with Gasteiger partial charge < -0.3 is 14.2 Å². The van der Waals surface area contributed by atoms with Crippen molar-refractivity contribution in [2.45, 2.75) is 239 Å². The lowest BCUT2D eigenvalue weighted by Gasteiger charge is -2.18. The van der Waals surface area contributed by atoms with Gasteiger partial charge in [0.25, 0.3) is 0 Å². The summed E-state index contributed by atoms with van der Waals surface area (Å²) in [7, 11) is 0. The summed E-state index contributed by atoms with van der Waals surface area (Å²) in [6.07, 6.45) is 72.8. The van der Waals surface area contributed by atoms with Crippen molar-refractivity contribution in [2.75, 3.05) is 13.2 Å². The zero-order chi connectivity index (χ0) is 47.9. The lowest BCUT2D eigenvalue weighted by molar-refractivity contribution is -0.167. The van der Waals surface area contributed by atoms with Crippen molar-refractivity contribution in [2.24, 2.45) is 0 Å². The van der Waals surface area contributed by atoms with Crippen LogP contribution >= 0.6 is 0 Å². The molecule has 0 aliphatic carbocycles. The van der Waals surface area contributed by atoms with Gasteiger partial charge in [0, 0.05) is 19.3 Å². The van der Waals surface area contributed by atoms with Gasteiger partial charge >= 0.3 is 17.9 Å². The van der Waals surface area contributed by atoms with E-state index < -0.39 is 6.10 Å². The topological polar surface area (TPSA) is 78.9 Å². The molecule has 0 aromatic heterocycles. The maximum atomic E-state index is 12.7. The van der Waals surface area contributed by atoms with Crippen LogP contribution in [0.2, 0.25) is 0 Å². The van der Waals surface area contributed by atoms with Crippen LogP contribution in [0.1, 0.15) is 233 Å². The molecule has 0 amide bonds. The molecule has 374 valence electrons. The molecule has 0 aliphatic rings. The van der Waals surface area contributed by atoms with Gasteiger partial charge in [0.05, 0.1) is 0 Å². The van der Waals surface area contributed by atoms with Crippen LogP contribution in [-0.2, 0) is 28.6 Å². The van der Waals surface area contributed by atoms with Crippen LogP contribution in [0.3, 0.4) is 0 Å². The third-order valence-electron chi connectivity index (χ3n) is 11.0. The molecular weight excluding hydrogens is 817 g/mol. The van der Waals surface area contributed by atoms with E-state index in [0.717, 1.165) is 141 Å². The number of hydrogen-bond donors (Lipinski definition) is 0. The number of hydrogen-bond acceptors (Lipinski definition) is 6. The quantitative estimate of drug-likeness (QED) is 0.0262. The molecule has 1 unspecified atom stereocenters. The minimum atomic E-state index is -0.780. The van der Waals surface area contributed by atoms with Gasteiger partial charge in [-0.15, -0.1) is 0 Å². The highest BCUT2D eigenvalue weighted by Gasteiger charge is 2.19. The number of ether oxygens (including phenoxy) is 3. The zero-order valence-electron chi connectivity index (χ0n) is 42.7. The Kier molecular flexibility index (Phi) is 50.5. The van der Waals surface area contributed by atoms with E-state index in [0.29, 0.717) is 19.3 Å². The van der Waals surface area contributed by atoms with Crippen LogP contribution in [0.5, 0.6) is 0 Å². The Labute approximate surface area is 406 Å². The van der Waals surface area contributed by atoms with Crippen LogP contribution < -0.4 is 0 Å². The van der Waals surface area contributed by atoms with E-state index in [2.05, 4.69) is 130 Å². The van der Waals surface area contributed by atoms with Gasteiger partial charge in [0.1, 0.15) is 13.2 Å². The number of carbonyl (C=O) groups excluding carboxylic acids is 3. The Morgan fingerprint density at radius 2 is 0.621 bits per heavy atom. The van der Waals surface area contributed by atoms with Crippen LogP contribution in [-0.4, -0.2) is 37.2 Å². The second kappa shape index (κ2) is 53.7. The van der Waals surface area contributed by atoms with Crippen molar-refractivity contribution in [1.29, 1.82) is 0 Å². The van der Waals surface area contributed by atoms with Crippen molar-refractivity contribution in [3.63, 3.8) is 0 Å². The molecule has 66 heavy (non-hydrogen) atoms. The summed E-state index contributed by atoms with van der Waals surface area (Å²) < 4.78 is 16.6. The second-order valence-corrected chi connectivity index (χ2v) is 17.4. The Morgan fingerprint density at radius 3 is 1.00 bits per heavy atom. The monoisotopic (exact) mass is 915 g/mol. The first-order valence-corrected chi connectivity index (χ1v) is 26.9. The number of carbonyl (C=O) groups is 3. The molecule has 1 atom stereocenters. The maximum Gasteiger partial charge on any atom is 0.306 e. The van der Waals surface area contributed by atoms with E-state index in [-0.39, 0.29) is 31.1 Å². The predicted molar refractivity (Wildman–Crippen MR) is 283 cm³/mol. The van der Waals surface area contributed by atoms with Crippen molar-refractivity contribution in [3.05, 3.63) is 109 Å². The second-order valence-electron chi connectivity index (χ2n) is 17.4. The summed E-state index contributed by atoms with van der Waals surface area (Å²) in [5.74, 6) is -0.925. The molecule has 0 spiro atoms. The summed E-state index contributed by atoms with van der Waals surface area (Å²) in [6, 6.07) is 0. The van der Waals surface area contributed by atoms with Gasteiger partial charge in [-0.2, -0.15) is 0 Å². The predicted octanol–water partition coefficient (Wildman–Crippen LogP) is 17.9. The summed E-state index contributed by atoms with van der Waals surface area (Å²) in [5, 5.41) is 0. The van der Waals surface area contributed by atoms with Gasteiger partial charge in [-0.05, 0) is 103 Å². The van der Waals surface area contributed by atoms with Crippen LogP contribution in [0.4, 0.5) is 0 Å². The van der Waals surface area contributed by atoms with E-state index >= 15 is 0 Å². The molecule has 0 heterocycles. The Morgan fingerprint density at radius 1 is 0.318 bits per heavy atom. The fourth-order valence-electron chi connectivity index (χ4n) is 6.99. The molecule has 0 saturated carbocycles. The average molecular weight is 915 g/mol. The molecule has 0 bridgehead atoms. The van der Waals surface area contributed by atoms with Gasteiger partial charge in [0.15, 0.2) is 6.10 Å². The summed E-state index contributed by atoms with van der Waals surface area (Å²) in [4.78, 5) is 37.5. The van der Waals surface area contributed by atoms with E-state index in [1.54, 1.807) is 0 Å². The Hall–Kier alpha value is -3.93. The van der Waals surface area contributed by atoms with Crippen LogP contribution in [0, 0.1) is 0 Å². The van der Waals surface area contributed by atoms with Gasteiger partial charge in [-0.25, -0.2) is 0 Å². The van der Waals surface area contributed by atoms with Gasteiger partial charge in [-0.3, -0.25) is 14.4 Å². The first kappa shape index (κ1) is 62.1. The minimum Gasteiger partial charge on any atom is -0.462 e. The van der Waals surface area contributed by atoms with Gasteiger partial charge in [0.2, 0.25) is 0 Å². The third kappa shape index (κ3) is 51.1. The van der Waals surface area contributed by atoms with Crippen LogP contribution in [0.15, 0.2) is 109 Å². The molecular formula is C60H98O6. The average Bonchev–Trinajstić information content (AvgIpc) is 3.31. The smallest absolute Gasteiger partial charge is 0.306 e. The molecule has 0 N–H and O–H groups in total. The molecule has 0 saturated heterocycles. The Bertz CT molecular complexity index is 1370. The molecule has 0 aromatic rings. The van der Waals surface area contributed by atoms with Gasteiger partial charge in [-0.1, -0.05) is 220 Å². The lowest BCUT2D eigenvalue weighted by atomic mass is 10.1. The standard InChI is InChI=1S/C60H98O6/c1-4-7-10-13-15-17-19-20-21-22-23-24-25-26-27-28-29-30-31-32-33-34-35-36-37-38-39-40-41-43-44-47-50-53-59(62)65-56-57(55-64-58(61)52-49-46-12-9-6-3)66-60(63)54-51-48-45-42-18-16-14-11-8-5-2/h7,10-11,14-15,17,20-21,23-24,26-27,29-30,32-33,35-36,57H,4-6,8-9,12-13,16,18-19,22,25,28,31,34,37-56H2,1-3H3/b10-7-,14-11-,17-15-,21-20-,24-23-,27-26-,30-29-,33-32-,36-35-. The SMILES string of the molecule is CC/C=C\C/C=C\C/C=C\C/C=C\C/C=C\C/C=C\C/C=C\C/C=C\CCCCCCCCCCC(=O)OCC(COC(=O)CCCCCCC)OC(=O)CCCCCCC/C=C\CCC. The number of allylic oxidation sites excluding steroid dienone is 18. The summed E-state index contributed by atoms with van der Waals surface area (Å²) >= 11 is 0. The van der Waals surface area contributed by atoms with E-state index in [9.17, 15) is 14.4 Å². The van der Waals surface area contributed by atoms with Crippen molar-refractivity contribution < 1.29 is 28.6 Å². The normalized spacial score (nSPS) is 13.0. The molecule has 0 fully saturated rings. The highest BCUT2D eigenvalue weighted by atomic mass is 16.6. The molecule has 0 aromatic carbocycles. The molecule has 0 rings (SSSR count). The lowest BCUT2D eigenvalue weighted by Crippen LogP contribution is -2.30. The number of esters is 3. The highest BCUT2D eigenvalue weighted by molar-refractivity contribution is 5.71. The van der Waals surface area contributed by atoms with E-state index in [1.165, 1.54) is 51.4 Å². The van der Waals surface area contributed by atoms with Crippen molar-refractivity contribution in [1.82, 2.24) is 0 Å². The number of rotatable bonds is 47. The first-order valence-electron chi connectivity index (χ1n) is 26.9. The maximum absolute atomic E-state index is 12.7. The molecule has 6 nitrogen and oxygen atoms in total. The zero-order valence-corrected chi connectivity index (χ0v) is 42.7. The molecule has 0 radical (unpaired) electrons. The molecule has 0 aliphatic heterocycles. The van der Waals surface area contributed by atoms with Crippen molar-refractivity contribution in [3.8, 4) is 0 Å². The van der Waals surface area contributed by atoms with Crippen molar-refractivity contribution >= 4 is 17.9 Å². The number of unbranched alkanes of at least 4 members (excludes halogenated alkanes) is 18. The minimum absolute atomic E-state index is 0.0850. The largest absolute Gasteiger partial charge is 0.462 e. The fraction of sp³-hybridized carbons (Fsp3) is 0.650. The molecule has 6 heteroatoms. The van der Waals surface area contributed by atoms with E-state index in [1.807, 2.05) is 0 Å². The summed E-state index contributed by atoms with van der Waals surface area (Å²) in [6.45, 7) is 6.34. The first-order chi connectivity index (χ1) is 32.5.